The first-order chi connectivity index (χ1) is 8.28. The summed E-state index contributed by atoms with van der Waals surface area (Å²) in [5, 5.41) is 6.34. The van der Waals surface area contributed by atoms with E-state index in [1.165, 1.54) is 9.75 Å². The van der Waals surface area contributed by atoms with Crippen LogP contribution in [0.25, 0.3) is 0 Å². The van der Waals surface area contributed by atoms with Gasteiger partial charge >= 0.3 is 0 Å². The maximum absolute atomic E-state index is 11.6. The van der Waals surface area contributed by atoms with Gasteiger partial charge < -0.3 is 10.6 Å². The van der Waals surface area contributed by atoms with E-state index in [1.54, 1.807) is 11.3 Å². The van der Waals surface area contributed by atoms with Crippen LogP contribution in [0.5, 0.6) is 0 Å². The minimum Gasteiger partial charge on any atom is -0.351 e. The van der Waals surface area contributed by atoms with Crippen molar-refractivity contribution in [3.05, 3.63) is 21.9 Å². The molecule has 1 rings (SSSR count). The highest BCUT2D eigenvalue weighted by molar-refractivity contribution is 7.12. The van der Waals surface area contributed by atoms with Crippen LogP contribution in [0.1, 0.15) is 49.9 Å². The normalized spacial score (nSPS) is 13.4. The Balaban J connectivity index is 2.27. The van der Waals surface area contributed by atoms with E-state index in [9.17, 15) is 4.79 Å². The quantitative estimate of drug-likeness (QED) is 0.862. The first kappa shape index (κ1) is 15.2. The van der Waals surface area contributed by atoms with Gasteiger partial charge in [-0.2, -0.15) is 0 Å². The molecule has 1 aromatic rings. The summed E-state index contributed by atoms with van der Waals surface area (Å²) in [7, 11) is 0. The first-order valence-electron chi connectivity index (χ1n) is 6.38. The average molecular weight is 268 g/mol. The summed E-state index contributed by atoms with van der Waals surface area (Å²) in [4.78, 5) is 14.3. The number of carbonyl (C=O) groups is 1. The first-order valence-corrected chi connectivity index (χ1v) is 7.20. The fraction of sp³-hybridized carbons (Fsp3) is 0.643. The van der Waals surface area contributed by atoms with Crippen molar-refractivity contribution in [1.29, 1.82) is 0 Å². The van der Waals surface area contributed by atoms with Gasteiger partial charge in [0.2, 0.25) is 5.91 Å². The fourth-order valence-electron chi connectivity index (χ4n) is 1.67. The lowest BCUT2D eigenvalue weighted by atomic mass is 10.1. The van der Waals surface area contributed by atoms with Gasteiger partial charge in [0, 0.05) is 34.3 Å². The summed E-state index contributed by atoms with van der Waals surface area (Å²) in [6, 6.07) is 4.59. The van der Waals surface area contributed by atoms with Crippen LogP contribution in [0.4, 0.5) is 0 Å². The SMILES string of the molecule is Cc1ccc(C(C)NCCC(=O)NC(C)(C)C)s1. The van der Waals surface area contributed by atoms with Crippen molar-refractivity contribution in [2.75, 3.05) is 6.54 Å². The van der Waals surface area contributed by atoms with E-state index < -0.39 is 0 Å². The Labute approximate surface area is 114 Å². The third-order valence-corrected chi connectivity index (χ3v) is 3.69. The number of nitrogens with one attached hydrogen (secondary N) is 2. The monoisotopic (exact) mass is 268 g/mol. The summed E-state index contributed by atoms with van der Waals surface area (Å²) in [6.45, 7) is 10.9. The molecule has 102 valence electrons. The average Bonchev–Trinajstić information content (AvgIpc) is 2.62. The Morgan fingerprint density at radius 3 is 2.56 bits per heavy atom. The van der Waals surface area contributed by atoms with Gasteiger partial charge in [-0.1, -0.05) is 0 Å². The van der Waals surface area contributed by atoms with Gasteiger partial charge in [-0.05, 0) is 46.8 Å². The molecule has 0 aliphatic heterocycles. The van der Waals surface area contributed by atoms with E-state index in [-0.39, 0.29) is 11.4 Å². The van der Waals surface area contributed by atoms with Crippen molar-refractivity contribution in [3.63, 3.8) is 0 Å². The summed E-state index contributed by atoms with van der Waals surface area (Å²) in [5.74, 6) is 0.101. The molecule has 0 aliphatic rings. The number of aryl methyl sites for hydroxylation is 1. The molecule has 0 bridgehead atoms. The maximum atomic E-state index is 11.6. The van der Waals surface area contributed by atoms with Crippen molar-refractivity contribution in [3.8, 4) is 0 Å². The second-order valence-corrected chi connectivity index (χ2v) is 6.99. The Morgan fingerprint density at radius 2 is 2.06 bits per heavy atom. The molecule has 0 saturated carbocycles. The second kappa shape index (κ2) is 6.34. The number of carbonyl (C=O) groups excluding carboxylic acids is 1. The minimum atomic E-state index is -0.145. The van der Waals surface area contributed by atoms with Gasteiger partial charge in [-0.3, -0.25) is 4.79 Å². The van der Waals surface area contributed by atoms with Crippen LogP contribution in [-0.2, 0) is 4.79 Å². The molecule has 1 unspecified atom stereocenters. The zero-order valence-corrected chi connectivity index (χ0v) is 12.8. The van der Waals surface area contributed by atoms with Gasteiger partial charge in [0.15, 0.2) is 0 Å². The van der Waals surface area contributed by atoms with Gasteiger partial charge in [0.1, 0.15) is 0 Å². The molecule has 1 amide bonds. The highest BCUT2D eigenvalue weighted by Gasteiger charge is 2.13. The molecule has 0 spiro atoms. The van der Waals surface area contributed by atoms with E-state index in [0.29, 0.717) is 19.0 Å². The smallest absolute Gasteiger partial charge is 0.221 e. The number of hydrogen-bond donors (Lipinski definition) is 2. The minimum absolute atomic E-state index is 0.101. The van der Waals surface area contributed by atoms with Gasteiger partial charge in [0.25, 0.3) is 0 Å². The van der Waals surface area contributed by atoms with E-state index in [0.717, 1.165) is 0 Å². The van der Waals surface area contributed by atoms with E-state index in [2.05, 4.69) is 36.6 Å². The molecular weight excluding hydrogens is 244 g/mol. The Morgan fingerprint density at radius 1 is 1.39 bits per heavy atom. The van der Waals surface area contributed by atoms with Gasteiger partial charge in [0.05, 0.1) is 0 Å². The molecular formula is C14H24N2OS. The highest BCUT2D eigenvalue weighted by atomic mass is 32.1. The molecule has 0 aromatic carbocycles. The Kier molecular flexibility index (Phi) is 5.35. The van der Waals surface area contributed by atoms with Gasteiger partial charge in [-0.25, -0.2) is 0 Å². The summed E-state index contributed by atoms with van der Waals surface area (Å²) >= 11 is 1.80. The van der Waals surface area contributed by atoms with Crippen LogP contribution in [-0.4, -0.2) is 18.0 Å². The molecule has 1 aromatic heterocycles. The molecule has 2 N–H and O–H groups in total. The number of hydrogen-bond acceptors (Lipinski definition) is 3. The van der Waals surface area contributed by atoms with Gasteiger partial charge in [-0.15, -0.1) is 11.3 Å². The van der Waals surface area contributed by atoms with Crippen molar-refractivity contribution >= 4 is 17.2 Å². The van der Waals surface area contributed by atoms with Crippen LogP contribution in [0.3, 0.4) is 0 Å². The molecule has 1 heterocycles. The zero-order valence-electron chi connectivity index (χ0n) is 12.0. The van der Waals surface area contributed by atoms with E-state index in [4.69, 9.17) is 0 Å². The predicted octanol–water partition coefficient (Wildman–Crippen LogP) is 3.01. The largest absolute Gasteiger partial charge is 0.351 e. The van der Waals surface area contributed by atoms with Crippen LogP contribution in [0, 0.1) is 6.92 Å². The number of rotatable bonds is 5. The Hall–Kier alpha value is -0.870. The van der Waals surface area contributed by atoms with E-state index >= 15 is 0 Å². The van der Waals surface area contributed by atoms with Crippen molar-refractivity contribution < 1.29 is 4.79 Å². The molecule has 0 radical (unpaired) electrons. The molecule has 0 aliphatic carbocycles. The lowest BCUT2D eigenvalue weighted by molar-refractivity contribution is -0.122. The highest BCUT2D eigenvalue weighted by Crippen LogP contribution is 2.21. The summed E-state index contributed by atoms with van der Waals surface area (Å²) < 4.78 is 0. The third kappa shape index (κ3) is 5.65. The van der Waals surface area contributed by atoms with Crippen molar-refractivity contribution in [2.24, 2.45) is 0 Å². The summed E-state index contributed by atoms with van der Waals surface area (Å²) in [6.07, 6.45) is 0.520. The molecule has 1 atom stereocenters. The number of amides is 1. The third-order valence-electron chi connectivity index (χ3n) is 2.50. The number of thiophene rings is 1. The van der Waals surface area contributed by atoms with Crippen molar-refractivity contribution in [2.45, 2.75) is 52.6 Å². The molecule has 0 fully saturated rings. The fourth-order valence-corrected chi connectivity index (χ4v) is 2.57. The predicted molar refractivity (Wildman–Crippen MR) is 78.0 cm³/mol. The van der Waals surface area contributed by atoms with E-state index in [1.807, 2.05) is 20.8 Å². The topological polar surface area (TPSA) is 41.1 Å². The van der Waals surface area contributed by atoms with Crippen LogP contribution in [0.15, 0.2) is 12.1 Å². The molecule has 0 saturated heterocycles. The summed E-state index contributed by atoms with van der Waals surface area (Å²) in [5.41, 5.74) is -0.145. The second-order valence-electron chi connectivity index (χ2n) is 5.67. The maximum Gasteiger partial charge on any atom is 0.221 e. The lowest BCUT2D eigenvalue weighted by Gasteiger charge is -2.21. The van der Waals surface area contributed by atoms with Crippen LogP contribution in [0.2, 0.25) is 0 Å². The molecule has 18 heavy (non-hydrogen) atoms. The van der Waals surface area contributed by atoms with Crippen LogP contribution >= 0.6 is 11.3 Å². The Bertz CT molecular complexity index is 393. The zero-order chi connectivity index (χ0) is 13.8. The van der Waals surface area contributed by atoms with Crippen LogP contribution < -0.4 is 10.6 Å². The van der Waals surface area contributed by atoms with Crippen molar-refractivity contribution in [1.82, 2.24) is 10.6 Å². The standard InChI is InChI=1S/C14H24N2OS/c1-10-6-7-12(18-10)11(2)15-9-8-13(17)16-14(3,4)5/h6-7,11,15H,8-9H2,1-5H3,(H,16,17). The molecule has 4 heteroatoms. The lowest BCUT2D eigenvalue weighted by Crippen LogP contribution is -2.41. The molecule has 3 nitrogen and oxygen atoms in total.